The second-order valence-corrected chi connectivity index (χ2v) is 3.28. The topological polar surface area (TPSA) is 75.4 Å². The summed E-state index contributed by atoms with van der Waals surface area (Å²) in [6, 6.07) is -0.0768. The van der Waals surface area contributed by atoms with Gasteiger partial charge in [0.05, 0.1) is 6.54 Å². The van der Waals surface area contributed by atoms with Crippen molar-refractivity contribution in [3.8, 4) is 0 Å². The van der Waals surface area contributed by atoms with E-state index in [0.717, 1.165) is 6.54 Å². The molecule has 0 saturated carbocycles. The summed E-state index contributed by atoms with van der Waals surface area (Å²) in [6.45, 7) is 3.65. The van der Waals surface area contributed by atoms with Gasteiger partial charge in [-0.25, -0.2) is 0 Å². The number of rotatable bonds is 3. The normalized spacial score (nSPS) is 20.1. The Hall–Kier alpha value is -1.10. The van der Waals surface area contributed by atoms with Crippen molar-refractivity contribution in [1.29, 1.82) is 0 Å². The molecule has 0 radical (unpaired) electrons. The molecule has 3 N–H and O–H groups in total. The number of carbonyl (C=O) groups is 2. The fourth-order valence-corrected chi connectivity index (χ4v) is 1.49. The van der Waals surface area contributed by atoms with Gasteiger partial charge in [-0.3, -0.25) is 9.59 Å². The molecule has 1 unspecified atom stereocenters. The molecule has 0 aliphatic carbocycles. The number of carbonyl (C=O) groups excluding carboxylic acids is 2. The number of hydrogen-bond acceptors (Lipinski definition) is 3. The molecule has 5 nitrogen and oxygen atoms in total. The average Bonchev–Trinajstić information content (AvgIpc) is 2.03. The summed E-state index contributed by atoms with van der Waals surface area (Å²) in [5.74, 6) is -0.321. The molecule has 0 bridgehead atoms. The molecule has 0 spiro atoms. The smallest absolute Gasteiger partial charge is 0.236 e. The van der Waals surface area contributed by atoms with Gasteiger partial charge in [-0.2, -0.15) is 0 Å². The molecule has 1 fully saturated rings. The molecule has 74 valence electrons. The summed E-state index contributed by atoms with van der Waals surface area (Å²) in [4.78, 5) is 23.7. The van der Waals surface area contributed by atoms with Crippen molar-refractivity contribution in [1.82, 2.24) is 10.2 Å². The fourth-order valence-electron chi connectivity index (χ4n) is 1.49. The van der Waals surface area contributed by atoms with Crippen LogP contribution in [0.5, 0.6) is 0 Å². The highest BCUT2D eigenvalue weighted by Crippen LogP contribution is 2.05. The maximum Gasteiger partial charge on any atom is 0.236 e. The monoisotopic (exact) mass is 185 g/mol. The van der Waals surface area contributed by atoms with Crippen molar-refractivity contribution in [2.45, 2.75) is 19.4 Å². The van der Waals surface area contributed by atoms with Crippen molar-refractivity contribution in [2.24, 2.45) is 5.73 Å². The Kier molecular flexibility index (Phi) is 3.25. The number of nitrogens with one attached hydrogen (secondary N) is 1. The van der Waals surface area contributed by atoms with E-state index in [1.54, 1.807) is 4.90 Å². The summed E-state index contributed by atoms with van der Waals surface area (Å²) >= 11 is 0. The molecular formula is C8H15N3O2. The summed E-state index contributed by atoms with van der Waals surface area (Å²) in [7, 11) is 0. The number of hydrogen-bond donors (Lipinski definition) is 2. The Morgan fingerprint density at radius 3 is 3.00 bits per heavy atom. The third-order valence-corrected chi connectivity index (χ3v) is 2.15. The highest BCUT2D eigenvalue weighted by atomic mass is 16.2. The Bertz CT molecular complexity index is 217. The minimum absolute atomic E-state index is 0.0417. The molecule has 0 aromatic rings. The first kappa shape index (κ1) is 9.98. The first-order chi connectivity index (χ1) is 6.11. The molecule has 13 heavy (non-hydrogen) atoms. The quantitative estimate of drug-likeness (QED) is 0.572. The standard InChI is InChI=1S/C8H15N3O2/c1-6(4-7(9)12)11-3-2-10-5-8(11)13/h6,10H,2-5H2,1H3,(H2,9,12). The van der Waals surface area contributed by atoms with Crippen LogP contribution in [0.2, 0.25) is 0 Å². The minimum Gasteiger partial charge on any atom is -0.370 e. The van der Waals surface area contributed by atoms with Gasteiger partial charge in [-0.05, 0) is 6.92 Å². The van der Waals surface area contributed by atoms with E-state index in [-0.39, 0.29) is 24.3 Å². The molecule has 1 heterocycles. The first-order valence-electron chi connectivity index (χ1n) is 4.39. The number of primary amides is 1. The maximum atomic E-state index is 11.3. The van der Waals surface area contributed by atoms with E-state index in [4.69, 9.17) is 5.73 Å². The highest BCUT2D eigenvalue weighted by Gasteiger charge is 2.23. The van der Waals surface area contributed by atoms with Gasteiger partial charge >= 0.3 is 0 Å². The van der Waals surface area contributed by atoms with Crippen molar-refractivity contribution in [2.75, 3.05) is 19.6 Å². The molecule has 0 aromatic carbocycles. The largest absolute Gasteiger partial charge is 0.370 e. The zero-order chi connectivity index (χ0) is 9.84. The van der Waals surface area contributed by atoms with Crippen LogP contribution in [0.4, 0.5) is 0 Å². The maximum absolute atomic E-state index is 11.3. The van der Waals surface area contributed by atoms with Crippen LogP contribution in [0.25, 0.3) is 0 Å². The summed E-state index contributed by atoms with van der Waals surface area (Å²) < 4.78 is 0. The fraction of sp³-hybridized carbons (Fsp3) is 0.750. The van der Waals surface area contributed by atoms with Crippen LogP contribution in [0.15, 0.2) is 0 Å². The van der Waals surface area contributed by atoms with Crippen LogP contribution in [0.1, 0.15) is 13.3 Å². The van der Waals surface area contributed by atoms with E-state index < -0.39 is 0 Å². The SMILES string of the molecule is CC(CC(N)=O)N1CCNCC1=O. The number of amides is 2. The van der Waals surface area contributed by atoms with Gasteiger partial charge in [-0.15, -0.1) is 0 Å². The lowest BCUT2D eigenvalue weighted by molar-refractivity contribution is -0.134. The van der Waals surface area contributed by atoms with Gasteiger partial charge in [0.25, 0.3) is 0 Å². The zero-order valence-electron chi connectivity index (χ0n) is 7.75. The lowest BCUT2D eigenvalue weighted by atomic mass is 10.1. The van der Waals surface area contributed by atoms with Gasteiger partial charge in [0.1, 0.15) is 0 Å². The van der Waals surface area contributed by atoms with Crippen LogP contribution in [-0.4, -0.2) is 42.4 Å². The predicted molar refractivity (Wildman–Crippen MR) is 47.9 cm³/mol. The average molecular weight is 185 g/mol. The second-order valence-electron chi connectivity index (χ2n) is 3.28. The molecule has 1 saturated heterocycles. The summed E-state index contributed by atoms with van der Waals surface area (Å²) in [6.07, 6.45) is 0.242. The van der Waals surface area contributed by atoms with Crippen molar-refractivity contribution < 1.29 is 9.59 Å². The van der Waals surface area contributed by atoms with Crippen LogP contribution in [0.3, 0.4) is 0 Å². The van der Waals surface area contributed by atoms with E-state index in [1.165, 1.54) is 0 Å². The van der Waals surface area contributed by atoms with Gasteiger partial charge in [0.15, 0.2) is 0 Å². The minimum atomic E-state index is -0.362. The summed E-state index contributed by atoms with van der Waals surface area (Å²) in [5.41, 5.74) is 5.05. The Labute approximate surface area is 77.3 Å². The summed E-state index contributed by atoms with van der Waals surface area (Å²) in [5, 5.41) is 2.97. The molecule has 2 amide bonds. The lowest BCUT2D eigenvalue weighted by Gasteiger charge is -2.32. The van der Waals surface area contributed by atoms with E-state index >= 15 is 0 Å². The highest BCUT2D eigenvalue weighted by molar-refractivity contribution is 5.80. The molecular weight excluding hydrogens is 170 g/mol. The Balaban J connectivity index is 2.48. The third kappa shape index (κ3) is 2.69. The van der Waals surface area contributed by atoms with Crippen molar-refractivity contribution in [3.63, 3.8) is 0 Å². The zero-order valence-corrected chi connectivity index (χ0v) is 7.75. The van der Waals surface area contributed by atoms with Gasteiger partial charge in [0.2, 0.25) is 11.8 Å². The molecule has 1 aliphatic heterocycles. The second kappa shape index (κ2) is 4.23. The van der Waals surface area contributed by atoms with E-state index in [9.17, 15) is 9.59 Å². The molecule has 0 aromatic heterocycles. The molecule has 1 aliphatic rings. The van der Waals surface area contributed by atoms with Crippen LogP contribution >= 0.6 is 0 Å². The first-order valence-corrected chi connectivity index (χ1v) is 4.39. The van der Waals surface area contributed by atoms with E-state index in [1.807, 2.05) is 6.92 Å². The lowest BCUT2D eigenvalue weighted by Crippen LogP contribution is -2.52. The molecule has 1 atom stereocenters. The van der Waals surface area contributed by atoms with Gasteiger partial charge < -0.3 is 16.0 Å². The van der Waals surface area contributed by atoms with Gasteiger partial charge in [0, 0.05) is 25.6 Å². The van der Waals surface area contributed by atoms with Crippen molar-refractivity contribution in [3.05, 3.63) is 0 Å². The molecule has 1 rings (SSSR count). The van der Waals surface area contributed by atoms with Crippen molar-refractivity contribution >= 4 is 11.8 Å². The van der Waals surface area contributed by atoms with Gasteiger partial charge in [-0.1, -0.05) is 0 Å². The third-order valence-electron chi connectivity index (χ3n) is 2.15. The Morgan fingerprint density at radius 1 is 1.77 bits per heavy atom. The van der Waals surface area contributed by atoms with Crippen LogP contribution in [-0.2, 0) is 9.59 Å². The Morgan fingerprint density at radius 2 is 2.46 bits per heavy atom. The number of nitrogens with two attached hydrogens (primary N) is 1. The van der Waals surface area contributed by atoms with E-state index in [0.29, 0.717) is 13.1 Å². The molecule has 5 heteroatoms. The van der Waals surface area contributed by atoms with Crippen LogP contribution < -0.4 is 11.1 Å². The number of piperazine rings is 1. The predicted octanol–water partition coefficient (Wildman–Crippen LogP) is -1.32. The number of nitrogens with zero attached hydrogens (tertiary/aromatic N) is 1. The van der Waals surface area contributed by atoms with Crippen LogP contribution in [0, 0.1) is 0 Å². The van der Waals surface area contributed by atoms with E-state index in [2.05, 4.69) is 5.32 Å².